The number of carboxylic acid groups (broad SMARTS) is 1. The van der Waals surface area contributed by atoms with Crippen LogP contribution >= 0.6 is 0 Å². The van der Waals surface area contributed by atoms with Crippen LogP contribution in [0.4, 0.5) is 0 Å². The van der Waals surface area contributed by atoms with E-state index in [-0.39, 0.29) is 20.9 Å². The van der Waals surface area contributed by atoms with Crippen LogP contribution in [-0.4, -0.2) is 31.5 Å². The Morgan fingerprint density at radius 2 is 1.77 bits per heavy atom. The van der Waals surface area contributed by atoms with Crippen LogP contribution in [0.1, 0.15) is 14.9 Å². The van der Waals surface area contributed by atoms with Crippen molar-refractivity contribution >= 4 is 14.5 Å². The molecule has 4 nitrogen and oxygen atoms in total. The van der Waals surface area contributed by atoms with E-state index in [4.69, 9.17) is 9.90 Å². The topological polar surface area (TPSA) is 66.8 Å². The summed E-state index contributed by atoms with van der Waals surface area (Å²) in [6.45, 7) is 7.43. The highest BCUT2D eigenvalue weighted by Gasteiger charge is 2.28. The molecule has 1 unspecified atom stereocenters. The van der Waals surface area contributed by atoms with Gasteiger partial charge in [-0.1, -0.05) is 14.9 Å². The van der Waals surface area contributed by atoms with Gasteiger partial charge in [0.15, 0.2) is 0 Å². The Hall–Kier alpha value is -0.653. The molecule has 0 aliphatic rings. The van der Waals surface area contributed by atoms with E-state index in [1.165, 1.54) is 13.7 Å². The van der Waals surface area contributed by atoms with Gasteiger partial charge in [-0.2, -0.15) is 0 Å². The van der Waals surface area contributed by atoms with E-state index in [2.05, 4.69) is 17.6 Å². The van der Waals surface area contributed by atoms with E-state index in [9.17, 15) is 4.79 Å². The number of hydrogen-bond acceptors (Lipinski definition) is 3. The third kappa shape index (κ3) is 18.4. The molecule has 0 amide bonds. The summed E-state index contributed by atoms with van der Waals surface area (Å²) in [7, 11) is -1.53. The fourth-order valence-electron chi connectivity index (χ4n) is 0.353. The fourth-order valence-corrected chi connectivity index (χ4v) is 1.06. The van der Waals surface area contributed by atoms with Crippen molar-refractivity contribution in [1.29, 1.82) is 0 Å². The van der Waals surface area contributed by atoms with Crippen LogP contribution in [0.3, 0.4) is 0 Å². The zero-order valence-electron chi connectivity index (χ0n) is 6.83. The molecule has 0 spiro atoms. The highest BCUT2D eigenvalue weighted by molar-refractivity contribution is 6.67. The summed E-state index contributed by atoms with van der Waals surface area (Å²) in [6.07, 6.45) is 0. The van der Waals surface area contributed by atoms with E-state index < -0.39 is 14.5 Å². The summed E-state index contributed by atoms with van der Waals surface area (Å²) in [4.78, 5) is 19.0. The average Bonchev–Trinajstić information content (AvgIpc) is 1.90. The summed E-state index contributed by atoms with van der Waals surface area (Å²) in [5.41, 5.74) is 0. The van der Waals surface area contributed by atoms with Crippen LogP contribution in [0.2, 0.25) is 12.6 Å². The third-order valence-corrected chi connectivity index (χ3v) is 2.76. The zero-order valence-corrected chi connectivity index (χ0v) is 7.83. The molecule has 13 heavy (non-hydrogen) atoms. The number of carboxylic acids is 1. The minimum absolute atomic E-state index is 0. The first kappa shape index (κ1) is 22.8. The fraction of sp³-hybridized carbons (Fsp3) is 0.625. The van der Waals surface area contributed by atoms with Gasteiger partial charge in [-0.25, -0.2) is 0 Å². The molecule has 0 aromatic rings. The minimum Gasteiger partial charge on any atom is -0.481 e. The van der Waals surface area contributed by atoms with E-state index in [1.807, 2.05) is 0 Å². The van der Waals surface area contributed by atoms with Gasteiger partial charge in [0, 0.05) is 7.11 Å². The molecule has 0 rings (SSSR count). The van der Waals surface area contributed by atoms with Crippen molar-refractivity contribution in [2.24, 2.45) is 0 Å². The maximum Gasteiger partial charge on any atom is 0.343 e. The Morgan fingerprint density at radius 3 is 1.85 bits per heavy atom. The summed E-state index contributed by atoms with van der Waals surface area (Å²) < 4.78 is 4.56. The number of carbonyl (C=O) groups is 1. The largest absolute Gasteiger partial charge is 0.481 e. The summed E-state index contributed by atoms with van der Waals surface area (Å²) in [5, 5.41) is 8.17. The second-order valence-corrected chi connectivity index (χ2v) is 5.06. The molecule has 0 fully saturated rings. The highest BCUT2D eigenvalue weighted by atomic mass is 28.4. The van der Waals surface area contributed by atoms with Gasteiger partial charge in [-0.3, -0.25) is 4.79 Å². The van der Waals surface area contributed by atoms with Crippen LogP contribution in [0.15, 0.2) is 13.2 Å². The first-order valence-corrected chi connectivity index (χ1v) is 5.53. The normalized spacial score (nSPS) is 11.9. The smallest absolute Gasteiger partial charge is 0.343 e. The lowest BCUT2D eigenvalue weighted by atomic mass is 10.8. The van der Waals surface area contributed by atoms with Crippen molar-refractivity contribution in [3.63, 3.8) is 0 Å². The molecule has 0 aromatic carbocycles. The SMILES string of the molecule is C.C.C=C.CO[Si](C)(O)CC(=O)O. The van der Waals surface area contributed by atoms with Crippen molar-refractivity contribution < 1.29 is 19.1 Å². The van der Waals surface area contributed by atoms with Gasteiger partial charge in [0.1, 0.15) is 0 Å². The Labute approximate surface area is 82.1 Å². The second-order valence-electron chi connectivity index (χ2n) is 1.95. The zero-order chi connectivity index (χ0) is 9.49. The maximum absolute atomic E-state index is 9.97. The molecule has 0 bridgehead atoms. The van der Waals surface area contributed by atoms with E-state index in [0.717, 1.165) is 0 Å². The maximum atomic E-state index is 9.97. The summed E-state index contributed by atoms with van der Waals surface area (Å²) in [6, 6.07) is -0.260. The van der Waals surface area contributed by atoms with Crippen LogP contribution in [0, 0.1) is 0 Å². The van der Waals surface area contributed by atoms with Crippen molar-refractivity contribution in [3.8, 4) is 0 Å². The van der Waals surface area contributed by atoms with Crippen molar-refractivity contribution in [3.05, 3.63) is 13.2 Å². The van der Waals surface area contributed by atoms with Gasteiger partial charge in [-0.05, 0) is 6.55 Å². The molecule has 0 heterocycles. The predicted molar refractivity (Wildman–Crippen MR) is 58.0 cm³/mol. The first-order chi connectivity index (χ1) is 4.98. The number of rotatable bonds is 3. The lowest BCUT2D eigenvalue weighted by Crippen LogP contribution is -2.35. The van der Waals surface area contributed by atoms with E-state index in [1.54, 1.807) is 0 Å². The van der Waals surface area contributed by atoms with Gasteiger partial charge >= 0.3 is 14.5 Å². The summed E-state index contributed by atoms with van der Waals surface area (Å²) in [5.74, 6) is -1.02. The third-order valence-electron chi connectivity index (χ3n) is 0.919. The minimum atomic E-state index is -2.84. The lowest BCUT2D eigenvalue weighted by molar-refractivity contribution is -0.134. The van der Waals surface area contributed by atoms with Crippen LogP contribution in [0.25, 0.3) is 0 Å². The van der Waals surface area contributed by atoms with E-state index >= 15 is 0 Å². The van der Waals surface area contributed by atoms with Crippen LogP contribution in [-0.2, 0) is 9.22 Å². The molecule has 1 atom stereocenters. The van der Waals surface area contributed by atoms with Crippen LogP contribution < -0.4 is 0 Å². The van der Waals surface area contributed by atoms with Crippen molar-refractivity contribution in [2.75, 3.05) is 7.11 Å². The second kappa shape index (κ2) is 11.3. The molecule has 5 heteroatoms. The van der Waals surface area contributed by atoms with Gasteiger partial charge in [0.25, 0.3) is 0 Å². The number of hydrogen-bond donors (Lipinski definition) is 2. The molecule has 2 N–H and O–H groups in total. The predicted octanol–water partition coefficient (Wildman–Crippen LogP) is 1.86. The summed E-state index contributed by atoms with van der Waals surface area (Å²) >= 11 is 0. The Morgan fingerprint density at radius 1 is 1.46 bits per heavy atom. The molecule has 0 saturated carbocycles. The molecule has 82 valence electrons. The Balaban J connectivity index is -0.0000000941. The van der Waals surface area contributed by atoms with Gasteiger partial charge < -0.3 is 14.3 Å². The molecule has 0 saturated heterocycles. The molecule has 0 aliphatic carbocycles. The highest BCUT2D eigenvalue weighted by Crippen LogP contribution is 2.04. The monoisotopic (exact) mass is 210 g/mol. The molecule has 0 aromatic heterocycles. The average molecular weight is 210 g/mol. The molecule has 0 radical (unpaired) electrons. The standard InChI is InChI=1S/C4H10O4Si.C2H4.2CH4/c1-8-9(2,7)3-4(5)6;1-2;;/h7H,3H2,1-2H3,(H,5,6);1-2H2;2*1H4. The Kier molecular flexibility index (Phi) is 19.9. The van der Waals surface area contributed by atoms with Crippen molar-refractivity contribution in [2.45, 2.75) is 27.4 Å². The quantitative estimate of drug-likeness (QED) is 0.551. The van der Waals surface area contributed by atoms with Gasteiger partial charge in [0.05, 0.1) is 6.04 Å². The number of aliphatic carboxylic acids is 1. The van der Waals surface area contributed by atoms with Gasteiger partial charge in [-0.15, -0.1) is 13.2 Å². The molecular formula is C8H22O4Si. The van der Waals surface area contributed by atoms with E-state index in [0.29, 0.717) is 0 Å². The first-order valence-electron chi connectivity index (χ1n) is 2.97. The molecular weight excluding hydrogens is 188 g/mol. The van der Waals surface area contributed by atoms with Crippen molar-refractivity contribution in [1.82, 2.24) is 0 Å². The molecule has 0 aliphatic heterocycles. The Bertz CT molecular complexity index is 125. The lowest BCUT2D eigenvalue weighted by Gasteiger charge is -2.13. The van der Waals surface area contributed by atoms with Crippen LogP contribution in [0.5, 0.6) is 0 Å². The van der Waals surface area contributed by atoms with Gasteiger partial charge in [0.2, 0.25) is 0 Å².